The molecule has 0 saturated heterocycles. The van der Waals surface area contributed by atoms with E-state index in [0.29, 0.717) is 6.10 Å². The second-order valence-electron chi connectivity index (χ2n) is 5.95. The number of hydrogen-bond acceptors (Lipinski definition) is 4. The van der Waals surface area contributed by atoms with Gasteiger partial charge in [0.2, 0.25) is 0 Å². The van der Waals surface area contributed by atoms with Gasteiger partial charge in [-0.1, -0.05) is 19.3 Å². The van der Waals surface area contributed by atoms with Crippen molar-refractivity contribution in [2.45, 2.75) is 58.6 Å². The number of rotatable bonds is 6. The van der Waals surface area contributed by atoms with Gasteiger partial charge in [0.25, 0.3) is 0 Å². The van der Waals surface area contributed by atoms with Crippen molar-refractivity contribution < 1.29 is 4.74 Å². The second kappa shape index (κ2) is 6.90. The highest BCUT2D eigenvalue weighted by atomic mass is 32.1. The SMILES string of the molecule is Cc1cn2c(CNCCOC3CCCCC3)c(C)nc2s1. The molecule has 0 aliphatic heterocycles. The molecule has 1 aliphatic carbocycles. The normalized spacial score (nSPS) is 16.9. The van der Waals surface area contributed by atoms with E-state index in [9.17, 15) is 0 Å². The lowest BCUT2D eigenvalue weighted by molar-refractivity contribution is 0.0302. The maximum absolute atomic E-state index is 5.94. The van der Waals surface area contributed by atoms with Gasteiger partial charge in [0.1, 0.15) is 0 Å². The molecule has 2 heterocycles. The van der Waals surface area contributed by atoms with Crippen molar-refractivity contribution in [3.63, 3.8) is 0 Å². The molecule has 0 radical (unpaired) electrons. The first-order chi connectivity index (χ1) is 10.2. The third kappa shape index (κ3) is 3.65. The Bertz CT molecular complexity index is 584. The molecular formula is C16H25N3OS. The minimum absolute atomic E-state index is 0.503. The van der Waals surface area contributed by atoms with Gasteiger partial charge in [-0.05, 0) is 26.7 Å². The van der Waals surface area contributed by atoms with E-state index >= 15 is 0 Å². The highest BCUT2D eigenvalue weighted by Gasteiger charge is 2.13. The van der Waals surface area contributed by atoms with E-state index in [4.69, 9.17) is 4.74 Å². The van der Waals surface area contributed by atoms with Crippen molar-refractivity contribution in [1.82, 2.24) is 14.7 Å². The number of thiazole rings is 1. The second-order valence-corrected chi connectivity index (χ2v) is 7.16. The predicted molar refractivity (Wildman–Crippen MR) is 87.1 cm³/mol. The Labute approximate surface area is 130 Å². The van der Waals surface area contributed by atoms with Gasteiger partial charge < -0.3 is 10.1 Å². The zero-order valence-corrected chi connectivity index (χ0v) is 13.8. The number of nitrogens with one attached hydrogen (secondary N) is 1. The van der Waals surface area contributed by atoms with Crippen LogP contribution in [0.2, 0.25) is 0 Å². The van der Waals surface area contributed by atoms with E-state index in [2.05, 4.69) is 34.7 Å². The third-order valence-electron chi connectivity index (χ3n) is 4.22. The van der Waals surface area contributed by atoms with Crippen LogP contribution in [0.25, 0.3) is 4.96 Å². The number of nitrogens with zero attached hydrogens (tertiary/aromatic N) is 2. The quantitative estimate of drug-likeness (QED) is 0.831. The predicted octanol–water partition coefficient (Wildman–Crippen LogP) is 3.45. The van der Waals surface area contributed by atoms with Crippen molar-refractivity contribution in [2.75, 3.05) is 13.2 Å². The first-order valence-corrected chi connectivity index (χ1v) is 8.82. The van der Waals surface area contributed by atoms with Crippen LogP contribution in [0.1, 0.15) is 48.4 Å². The molecule has 0 amide bonds. The minimum atomic E-state index is 0.503. The molecule has 1 aliphatic rings. The summed E-state index contributed by atoms with van der Waals surface area (Å²) in [6, 6.07) is 0. The van der Waals surface area contributed by atoms with Gasteiger partial charge in [0.05, 0.1) is 24.1 Å². The lowest BCUT2D eigenvalue weighted by atomic mass is 9.98. The molecule has 1 N–H and O–H groups in total. The van der Waals surface area contributed by atoms with Crippen molar-refractivity contribution in [3.8, 4) is 0 Å². The zero-order chi connectivity index (χ0) is 14.7. The maximum atomic E-state index is 5.94. The van der Waals surface area contributed by atoms with Gasteiger partial charge >= 0.3 is 0 Å². The van der Waals surface area contributed by atoms with Gasteiger partial charge in [0.15, 0.2) is 4.96 Å². The number of aryl methyl sites for hydroxylation is 2. The fraction of sp³-hybridized carbons (Fsp3) is 0.688. The zero-order valence-electron chi connectivity index (χ0n) is 13.0. The number of fused-ring (bicyclic) bond motifs is 1. The van der Waals surface area contributed by atoms with Crippen LogP contribution in [-0.4, -0.2) is 28.6 Å². The van der Waals surface area contributed by atoms with Crippen LogP contribution in [0.4, 0.5) is 0 Å². The largest absolute Gasteiger partial charge is 0.377 e. The molecule has 0 bridgehead atoms. The van der Waals surface area contributed by atoms with E-state index in [1.54, 1.807) is 11.3 Å². The molecule has 5 heteroatoms. The average molecular weight is 307 g/mol. The lowest BCUT2D eigenvalue weighted by Gasteiger charge is -2.22. The molecule has 1 saturated carbocycles. The summed E-state index contributed by atoms with van der Waals surface area (Å²) in [4.78, 5) is 7.02. The Morgan fingerprint density at radius 2 is 2.14 bits per heavy atom. The van der Waals surface area contributed by atoms with E-state index in [0.717, 1.165) is 30.4 Å². The molecule has 0 aromatic carbocycles. The monoisotopic (exact) mass is 307 g/mol. The molecule has 2 aromatic rings. The minimum Gasteiger partial charge on any atom is -0.377 e. The molecule has 0 atom stereocenters. The fourth-order valence-electron chi connectivity index (χ4n) is 3.06. The Morgan fingerprint density at radius 3 is 2.95 bits per heavy atom. The van der Waals surface area contributed by atoms with Gasteiger partial charge in [-0.3, -0.25) is 4.40 Å². The maximum Gasteiger partial charge on any atom is 0.194 e. The van der Waals surface area contributed by atoms with E-state index in [-0.39, 0.29) is 0 Å². The van der Waals surface area contributed by atoms with E-state index in [1.807, 2.05) is 0 Å². The van der Waals surface area contributed by atoms with Crippen molar-refractivity contribution in [3.05, 3.63) is 22.5 Å². The van der Waals surface area contributed by atoms with Crippen LogP contribution in [0, 0.1) is 13.8 Å². The van der Waals surface area contributed by atoms with Gasteiger partial charge in [-0.15, -0.1) is 11.3 Å². The first kappa shape index (κ1) is 15.0. The van der Waals surface area contributed by atoms with Crippen LogP contribution in [0.5, 0.6) is 0 Å². The summed E-state index contributed by atoms with van der Waals surface area (Å²) in [5.41, 5.74) is 2.40. The van der Waals surface area contributed by atoms with Crippen LogP contribution < -0.4 is 5.32 Å². The van der Waals surface area contributed by atoms with Gasteiger partial charge in [0, 0.05) is 24.2 Å². The van der Waals surface area contributed by atoms with Crippen LogP contribution in [0.3, 0.4) is 0 Å². The number of ether oxygens (including phenoxy) is 1. The Balaban J connectivity index is 1.44. The summed E-state index contributed by atoms with van der Waals surface area (Å²) in [5.74, 6) is 0. The molecular weight excluding hydrogens is 282 g/mol. The topological polar surface area (TPSA) is 38.6 Å². The van der Waals surface area contributed by atoms with Crippen molar-refractivity contribution in [2.24, 2.45) is 0 Å². The highest BCUT2D eigenvalue weighted by Crippen LogP contribution is 2.21. The Kier molecular flexibility index (Phi) is 4.93. The molecule has 0 unspecified atom stereocenters. The first-order valence-electron chi connectivity index (χ1n) is 8.00. The summed E-state index contributed by atoms with van der Waals surface area (Å²) < 4.78 is 8.15. The summed E-state index contributed by atoms with van der Waals surface area (Å²) >= 11 is 1.75. The molecule has 1 fully saturated rings. The Morgan fingerprint density at radius 1 is 1.33 bits per heavy atom. The lowest BCUT2D eigenvalue weighted by Crippen LogP contribution is -2.24. The van der Waals surface area contributed by atoms with Crippen LogP contribution >= 0.6 is 11.3 Å². The number of hydrogen-bond donors (Lipinski definition) is 1. The van der Waals surface area contributed by atoms with Gasteiger partial charge in [-0.25, -0.2) is 4.98 Å². The van der Waals surface area contributed by atoms with Crippen LogP contribution in [-0.2, 0) is 11.3 Å². The number of imidazole rings is 1. The van der Waals surface area contributed by atoms with E-state index < -0.39 is 0 Å². The summed E-state index contributed by atoms with van der Waals surface area (Å²) in [6.07, 6.45) is 9.23. The summed E-state index contributed by atoms with van der Waals surface area (Å²) in [6.45, 7) is 6.80. The average Bonchev–Trinajstić information content (AvgIpc) is 2.96. The fourth-order valence-corrected chi connectivity index (χ4v) is 3.95. The molecule has 3 rings (SSSR count). The van der Waals surface area contributed by atoms with Crippen LogP contribution in [0.15, 0.2) is 6.20 Å². The number of aromatic nitrogens is 2. The third-order valence-corrected chi connectivity index (χ3v) is 5.12. The Hall–Kier alpha value is -0.910. The molecule has 4 nitrogen and oxygen atoms in total. The smallest absolute Gasteiger partial charge is 0.194 e. The highest BCUT2D eigenvalue weighted by molar-refractivity contribution is 7.17. The molecule has 2 aromatic heterocycles. The molecule has 116 valence electrons. The summed E-state index contributed by atoms with van der Waals surface area (Å²) in [7, 11) is 0. The standard InChI is InChI=1S/C16H25N3OS/c1-12-11-19-15(13(2)18-16(19)21-12)10-17-8-9-20-14-6-4-3-5-7-14/h11,14,17H,3-10H2,1-2H3. The van der Waals surface area contributed by atoms with Crippen molar-refractivity contribution >= 4 is 16.3 Å². The van der Waals surface area contributed by atoms with E-state index in [1.165, 1.54) is 42.7 Å². The summed E-state index contributed by atoms with van der Waals surface area (Å²) in [5, 5.41) is 3.49. The van der Waals surface area contributed by atoms with Crippen molar-refractivity contribution in [1.29, 1.82) is 0 Å². The molecule has 21 heavy (non-hydrogen) atoms. The van der Waals surface area contributed by atoms with Gasteiger partial charge in [-0.2, -0.15) is 0 Å². The molecule has 0 spiro atoms.